The van der Waals surface area contributed by atoms with Crippen molar-refractivity contribution in [1.29, 1.82) is 0 Å². The lowest BCUT2D eigenvalue weighted by molar-refractivity contribution is 0.173. The van der Waals surface area contributed by atoms with Gasteiger partial charge in [0.1, 0.15) is 0 Å². The molecule has 3 nitrogen and oxygen atoms in total. The van der Waals surface area contributed by atoms with Crippen molar-refractivity contribution in [3.8, 4) is 11.5 Å². The number of hydrogen-bond donors (Lipinski definition) is 1. The molecule has 1 atom stereocenters. The third kappa shape index (κ3) is 2.25. The van der Waals surface area contributed by atoms with Gasteiger partial charge in [0.2, 0.25) is 0 Å². The predicted octanol–water partition coefficient (Wildman–Crippen LogP) is 2.94. The smallest absolute Gasteiger partial charge is 0.179 e. The fraction of sp³-hybridized carbons (Fsp3) is 0.500. The molecule has 1 heterocycles. The molecule has 0 radical (unpaired) electrons. The molecule has 1 unspecified atom stereocenters. The maximum atomic E-state index is 9.77. The fourth-order valence-corrected chi connectivity index (χ4v) is 1.95. The van der Waals surface area contributed by atoms with Crippen molar-refractivity contribution in [1.82, 2.24) is 0 Å². The van der Waals surface area contributed by atoms with Crippen LogP contribution in [0.4, 0.5) is 0 Å². The normalized spacial score (nSPS) is 16.7. The minimum absolute atomic E-state index is 0.502. The lowest BCUT2D eigenvalue weighted by atomic mass is 10.1. The molecule has 0 aromatic heterocycles. The van der Waals surface area contributed by atoms with Crippen LogP contribution in [0.2, 0.25) is 5.02 Å². The molecule has 1 aliphatic rings. The Balaban J connectivity index is 2.39. The molecule has 16 heavy (non-hydrogen) atoms. The van der Waals surface area contributed by atoms with Crippen molar-refractivity contribution in [3.63, 3.8) is 0 Å². The number of fused-ring (bicyclic) bond motifs is 1. The summed E-state index contributed by atoms with van der Waals surface area (Å²) in [6, 6.07) is 3.55. The number of aliphatic hydroxyl groups is 1. The zero-order valence-corrected chi connectivity index (χ0v) is 9.96. The van der Waals surface area contributed by atoms with Gasteiger partial charge in [-0.05, 0) is 24.1 Å². The van der Waals surface area contributed by atoms with Gasteiger partial charge in [0.05, 0.1) is 24.3 Å². The van der Waals surface area contributed by atoms with Gasteiger partial charge in [-0.1, -0.05) is 18.5 Å². The molecule has 1 aromatic rings. The lowest BCUT2D eigenvalue weighted by Gasteiger charge is -2.14. The number of ether oxygens (including phenoxy) is 2. The summed E-state index contributed by atoms with van der Waals surface area (Å²) >= 11 is 6.10. The number of aliphatic hydroxyl groups excluding tert-OH is 1. The minimum Gasteiger partial charge on any atom is -0.489 e. The quantitative estimate of drug-likeness (QED) is 0.867. The molecule has 0 saturated heterocycles. The molecule has 0 fully saturated rings. The first kappa shape index (κ1) is 11.6. The van der Waals surface area contributed by atoms with Crippen LogP contribution in [0.3, 0.4) is 0 Å². The number of halogens is 1. The summed E-state index contributed by atoms with van der Waals surface area (Å²) in [6.45, 7) is 3.15. The zero-order chi connectivity index (χ0) is 11.5. The second-order valence-corrected chi connectivity index (χ2v) is 4.21. The first-order valence-corrected chi connectivity index (χ1v) is 5.87. The second kappa shape index (κ2) is 4.93. The van der Waals surface area contributed by atoms with E-state index in [9.17, 15) is 5.11 Å². The summed E-state index contributed by atoms with van der Waals surface area (Å²) in [5.74, 6) is 1.22. The van der Waals surface area contributed by atoms with Crippen LogP contribution in [-0.2, 0) is 0 Å². The predicted molar refractivity (Wildman–Crippen MR) is 62.3 cm³/mol. The highest BCUT2D eigenvalue weighted by Gasteiger charge is 2.17. The minimum atomic E-state index is -0.505. The van der Waals surface area contributed by atoms with Gasteiger partial charge in [-0.25, -0.2) is 0 Å². The maximum absolute atomic E-state index is 9.77. The number of benzene rings is 1. The van der Waals surface area contributed by atoms with Crippen LogP contribution < -0.4 is 9.47 Å². The van der Waals surface area contributed by atoms with Crippen molar-refractivity contribution in [2.75, 3.05) is 13.2 Å². The molecule has 0 spiro atoms. The third-order valence-corrected chi connectivity index (χ3v) is 2.88. The summed E-state index contributed by atoms with van der Waals surface area (Å²) < 4.78 is 11.1. The Labute approximate surface area is 99.9 Å². The summed E-state index contributed by atoms with van der Waals surface area (Å²) in [6.07, 6.45) is 0.988. The molecule has 1 aliphatic heterocycles. The van der Waals surface area contributed by atoms with E-state index in [0.29, 0.717) is 36.2 Å². The van der Waals surface area contributed by atoms with E-state index in [-0.39, 0.29) is 0 Å². The second-order valence-electron chi connectivity index (χ2n) is 3.80. The molecule has 0 amide bonds. The lowest BCUT2D eigenvalue weighted by Crippen LogP contribution is -1.98. The van der Waals surface area contributed by atoms with E-state index in [4.69, 9.17) is 21.1 Å². The molecular weight excluding hydrogens is 228 g/mol. The van der Waals surface area contributed by atoms with Crippen molar-refractivity contribution in [3.05, 3.63) is 22.7 Å². The van der Waals surface area contributed by atoms with E-state index in [0.717, 1.165) is 12.0 Å². The molecular formula is C12H15ClO3. The molecule has 1 N–H and O–H groups in total. The van der Waals surface area contributed by atoms with Crippen LogP contribution in [0, 0.1) is 0 Å². The first-order chi connectivity index (χ1) is 7.72. The highest BCUT2D eigenvalue weighted by Crippen LogP contribution is 2.39. The largest absolute Gasteiger partial charge is 0.489 e. The zero-order valence-electron chi connectivity index (χ0n) is 9.20. The highest BCUT2D eigenvalue weighted by atomic mass is 35.5. The van der Waals surface area contributed by atoms with Gasteiger partial charge >= 0.3 is 0 Å². The van der Waals surface area contributed by atoms with Crippen molar-refractivity contribution < 1.29 is 14.6 Å². The molecule has 4 heteroatoms. The van der Waals surface area contributed by atoms with E-state index in [1.54, 1.807) is 12.1 Å². The van der Waals surface area contributed by atoms with Crippen molar-refractivity contribution in [2.24, 2.45) is 0 Å². The Bertz CT molecular complexity index is 379. The molecule has 0 saturated carbocycles. The fourth-order valence-electron chi connectivity index (χ4n) is 1.68. The van der Waals surface area contributed by atoms with Gasteiger partial charge in [0.15, 0.2) is 11.5 Å². The summed E-state index contributed by atoms with van der Waals surface area (Å²) in [5.41, 5.74) is 0.775. The van der Waals surface area contributed by atoms with E-state index >= 15 is 0 Å². The van der Waals surface area contributed by atoms with Crippen LogP contribution >= 0.6 is 11.6 Å². The van der Waals surface area contributed by atoms with Gasteiger partial charge in [-0.2, -0.15) is 0 Å². The van der Waals surface area contributed by atoms with E-state index in [1.807, 2.05) is 6.92 Å². The SMILES string of the molecule is CCC(O)c1cc(Cl)c2c(c1)OCCCO2. The van der Waals surface area contributed by atoms with Gasteiger partial charge in [0.25, 0.3) is 0 Å². The summed E-state index contributed by atoms with van der Waals surface area (Å²) in [5, 5.41) is 10.3. The molecule has 0 aliphatic carbocycles. The Hall–Kier alpha value is -0.930. The average molecular weight is 243 g/mol. The van der Waals surface area contributed by atoms with Gasteiger partial charge in [-0.15, -0.1) is 0 Å². The topological polar surface area (TPSA) is 38.7 Å². The Kier molecular flexibility index (Phi) is 3.56. The molecule has 1 aromatic carbocycles. The van der Waals surface area contributed by atoms with Crippen LogP contribution in [-0.4, -0.2) is 18.3 Å². The van der Waals surface area contributed by atoms with Crippen LogP contribution in [0.25, 0.3) is 0 Å². The average Bonchev–Trinajstić information content (AvgIpc) is 2.53. The van der Waals surface area contributed by atoms with E-state index in [1.165, 1.54) is 0 Å². The third-order valence-electron chi connectivity index (χ3n) is 2.60. The maximum Gasteiger partial charge on any atom is 0.179 e. The van der Waals surface area contributed by atoms with Crippen molar-refractivity contribution in [2.45, 2.75) is 25.9 Å². The Morgan fingerprint density at radius 2 is 2.12 bits per heavy atom. The molecule has 2 rings (SSSR count). The summed E-state index contributed by atoms with van der Waals surface area (Å²) in [4.78, 5) is 0. The van der Waals surface area contributed by atoms with Crippen LogP contribution in [0.5, 0.6) is 11.5 Å². The number of rotatable bonds is 2. The highest BCUT2D eigenvalue weighted by molar-refractivity contribution is 6.32. The molecule has 88 valence electrons. The van der Waals surface area contributed by atoms with Crippen molar-refractivity contribution >= 4 is 11.6 Å². The van der Waals surface area contributed by atoms with E-state index < -0.39 is 6.10 Å². The standard InChI is InChI=1S/C12H15ClO3/c1-2-10(14)8-6-9(13)12-11(7-8)15-4-3-5-16-12/h6-7,10,14H,2-5H2,1H3. The van der Waals surface area contributed by atoms with Gasteiger partial charge in [0, 0.05) is 6.42 Å². The van der Waals surface area contributed by atoms with Crippen LogP contribution in [0.1, 0.15) is 31.4 Å². The number of hydrogen-bond acceptors (Lipinski definition) is 3. The van der Waals surface area contributed by atoms with Crippen LogP contribution in [0.15, 0.2) is 12.1 Å². The summed E-state index contributed by atoms with van der Waals surface area (Å²) in [7, 11) is 0. The Morgan fingerprint density at radius 1 is 1.38 bits per heavy atom. The first-order valence-electron chi connectivity index (χ1n) is 5.49. The van der Waals surface area contributed by atoms with Gasteiger partial charge < -0.3 is 14.6 Å². The van der Waals surface area contributed by atoms with Gasteiger partial charge in [-0.3, -0.25) is 0 Å². The Morgan fingerprint density at radius 3 is 2.88 bits per heavy atom. The molecule has 0 bridgehead atoms. The van der Waals surface area contributed by atoms with E-state index in [2.05, 4.69) is 0 Å². The monoisotopic (exact) mass is 242 g/mol.